The summed E-state index contributed by atoms with van der Waals surface area (Å²) < 4.78 is 37.5. The van der Waals surface area contributed by atoms with Crippen molar-refractivity contribution in [3.8, 4) is 0 Å². The van der Waals surface area contributed by atoms with E-state index in [1.54, 1.807) is 0 Å². The number of hydrogen-bond acceptors (Lipinski definition) is 2. The van der Waals surface area contributed by atoms with E-state index >= 15 is 0 Å². The average molecular weight is 392 g/mol. The summed E-state index contributed by atoms with van der Waals surface area (Å²) in [5.74, 6) is -1.03. The highest BCUT2D eigenvalue weighted by molar-refractivity contribution is 14.0. The zero-order valence-corrected chi connectivity index (χ0v) is 12.9. The summed E-state index contributed by atoms with van der Waals surface area (Å²) in [6, 6.07) is 0.507. The fourth-order valence-corrected chi connectivity index (χ4v) is 2.77. The van der Waals surface area contributed by atoms with E-state index < -0.39 is 12.1 Å². The van der Waals surface area contributed by atoms with Crippen LogP contribution in [0.3, 0.4) is 0 Å². The molecule has 0 aromatic carbocycles. The molecule has 4 N–H and O–H groups in total. The first-order valence-corrected chi connectivity index (χ1v) is 6.25. The lowest BCUT2D eigenvalue weighted by molar-refractivity contribution is -0.187. The Kier molecular flexibility index (Phi) is 5.72. The molecular formula is C11H20F3IN4. The second kappa shape index (κ2) is 6.47. The molecule has 4 nitrogen and oxygen atoms in total. The lowest BCUT2D eigenvalue weighted by Gasteiger charge is -2.44. The minimum atomic E-state index is -4.04. The Balaban J connectivity index is 0.00000180. The Bertz CT molecular complexity index is 316. The minimum Gasteiger partial charge on any atom is -0.370 e. The topological polar surface area (TPSA) is 67.6 Å². The first kappa shape index (κ1) is 16.8. The van der Waals surface area contributed by atoms with Gasteiger partial charge in [-0.1, -0.05) is 0 Å². The maximum absolute atomic E-state index is 12.5. The molecule has 1 aliphatic carbocycles. The van der Waals surface area contributed by atoms with E-state index in [1.807, 2.05) is 0 Å². The van der Waals surface area contributed by atoms with Gasteiger partial charge in [0.1, 0.15) is 0 Å². The van der Waals surface area contributed by atoms with Crippen molar-refractivity contribution in [1.29, 1.82) is 0 Å². The molecule has 0 unspecified atom stereocenters. The van der Waals surface area contributed by atoms with Gasteiger partial charge in [0.05, 0.1) is 12.0 Å². The van der Waals surface area contributed by atoms with Crippen LogP contribution in [0.15, 0.2) is 4.99 Å². The molecule has 0 atom stereocenters. The highest BCUT2D eigenvalue weighted by atomic mass is 127. The third-order valence-corrected chi connectivity index (χ3v) is 3.93. The molecule has 0 spiro atoms. The van der Waals surface area contributed by atoms with Crippen LogP contribution in [-0.4, -0.2) is 42.2 Å². The van der Waals surface area contributed by atoms with Crippen molar-refractivity contribution in [1.82, 2.24) is 4.90 Å². The third-order valence-electron chi connectivity index (χ3n) is 3.93. The number of likely N-dealkylation sites (tertiary alicyclic amines) is 1. The zero-order valence-electron chi connectivity index (χ0n) is 10.6. The van der Waals surface area contributed by atoms with Crippen molar-refractivity contribution in [2.45, 2.75) is 43.9 Å². The first-order chi connectivity index (χ1) is 8.36. The fraction of sp³-hybridized carbons (Fsp3) is 0.909. The number of rotatable bonds is 2. The monoisotopic (exact) mass is 392 g/mol. The smallest absolute Gasteiger partial charge is 0.370 e. The molecule has 0 bridgehead atoms. The SMILES string of the molecule is I.NC(N)=NC1CC(N2CCC(C(F)(F)F)CC2)C1. The molecule has 2 fully saturated rings. The highest BCUT2D eigenvalue weighted by Crippen LogP contribution is 2.37. The van der Waals surface area contributed by atoms with Gasteiger partial charge < -0.3 is 16.4 Å². The maximum atomic E-state index is 12.5. The minimum absolute atomic E-state index is 0. The highest BCUT2D eigenvalue weighted by Gasteiger charge is 2.43. The van der Waals surface area contributed by atoms with Gasteiger partial charge in [-0.3, -0.25) is 4.99 Å². The molecule has 19 heavy (non-hydrogen) atoms. The number of alkyl halides is 3. The van der Waals surface area contributed by atoms with Gasteiger partial charge in [0, 0.05) is 6.04 Å². The molecule has 8 heteroatoms. The number of guanidine groups is 1. The Labute approximate surface area is 127 Å². The summed E-state index contributed by atoms with van der Waals surface area (Å²) in [5.41, 5.74) is 10.6. The number of halogens is 4. The molecule has 1 saturated carbocycles. The second-order valence-electron chi connectivity index (χ2n) is 5.18. The number of hydrogen-bond donors (Lipinski definition) is 2. The summed E-state index contributed by atoms with van der Waals surface area (Å²) in [7, 11) is 0. The average Bonchev–Trinajstić information content (AvgIpc) is 2.21. The van der Waals surface area contributed by atoms with E-state index in [0.717, 1.165) is 12.8 Å². The molecule has 0 amide bonds. The van der Waals surface area contributed by atoms with E-state index in [9.17, 15) is 13.2 Å². The van der Waals surface area contributed by atoms with Crippen LogP contribution in [0.4, 0.5) is 13.2 Å². The van der Waals surface area contributed by atoms with Gasteiger partial charge in [0.15, 0.2) is 5.96 Å². The molecule has 0 radical (unpaired) electrons. The van der Waals surface area contributed by atoms with Crippen LogP contribution in [0.25, 0.3) is 0 Å². The van der Waals surface area contributed by atoms with Gasteiger partial charge in [0.25, 0.3) is 0 Å². The Morgan fingerprint density at radius 1 is 1.11 bits per heavy atom. The van der Waals surface area contributed by atoms with Crippen LogP contribution in [0.2, 0.25) is 0 Å². The summed E-state index contributed by atoms with van der Waals surface area (Å²) in [4.78, 5) is 6.19. The molecule has 1 saturated heterocycles. The molecule has 0 aromatic heterocycles. The van der Waals surface area contributed by atoms with Gasteiger partial charge in [-0.05, 0) is 38.8 Å². The van der Waals surface area contributed by atoms with Gasteiger partial charge in [-0.25, -0.2) is 0 Å². The second-order valence-corrected chi connectivity index (χ2v) is 5.18. The van der Waals surface area contributed by atoms with E-state index in [4.69, 9.17) is 11.5 Å². The number of nitrogens with zero attached hydrogens (tertiary/aromatic N) is 2. The Morgan fingerprint density at radius 3 is 2.05 bits per heavy atom. The predicted molar refractivity (Wildman–Crippen MR) is 78.4 cm³/mol. The molecule has 2 aliphatic rings. The number of piperidine rings is 1. The van der Waals surface area contributed by atoms with Gasteiger partial charge in [0.2, 0.25) is 0 Å². The maximum Gasteiger partial charge on any atom is 0.391 e. The van der Waals surface area contributed by atoms with Crippen LogP contribution in [-0.2, 0) is 0 Å². The van der Waals surface area contributed by atoms with Gasteiger partial charge in [-0.2, -0.15) is 13.2 Å². The molecule has 1 heterocycles. The van der Waals surface area contributed by atoms with Gasteiger partial charge in [-0.15, -0.1) is 24.0 Å². The van der Waals surface area contributed by atoms with Crippen molar-refractivity contribution in [2.75, 3.05) is 13.1 Å². The molecular weight excluding hydrogens is 372 g/mol. The van der Waals surface area contributed by atoms with Crippen LogP contribution >= 0.6 is 24.0 Å². The quantitative estimate of drug-likeness (QED) is 0.427. The molecule has 1 aliphatic heterocycles. The summed E-state index contributed by atoms with van der Waals surface area (Å²) >= 11 is 0. The van der Waals surface area contributed by atoms with E-state index in [2.05, 4.69) is 9.89 Å². The Hall–Kier alpha value is -0.250. The molecule has 112 valence electrons. The molecule has 0 aromatic rings. The first-order valence-electron chi connectivity index (χ1n) is 6.25. The lowest BCUT2D eigenvalue weighted by Crippen LogP contribution is -2.51. The van der Waals surface area contributed by atoms with E-state index in [-0.39, 0.29) is 48.8 Å². The van der Waals surface area contributed by atoms with Crippen molar-refractivity contribution >= 4 is 29.9 Å². The standard InChI is InChI=1S/C11H19F3N4.HI/c12-11(13,14)7-1-3-18(4-2-7)9-5-8(6-9)17-10(15)16;/h7-9H,1-6H2,(H4,15,16,17);1H. The van der Waals surface area contributed by atoms with Crippen LogP contribution in [0, 0.1) is 5.92 Å². The summed E-state index contributed by atoms with van der Waals surface area (Å²) in [6.07, 6.45) is -1.89. The van der Waals surface area contributed by atoms with Crippen LogP contribution in [0.1, 0.15) is 25.7 Å². The third kappa shape index (κ3) is 4.37. The largest absolute Gasteiger partial charge is 0.391 e. The normalized spacial score (nSPS) is 29.2. The van der Waals surface area contributed by atoms with Crippen molar-refractivity contribution in [3.63, 3.8) is 0 Å². The van der Waals surface area contributed by atoms with E-state index in [1.165, 1.54) is 0 Å². The number of nitrogens with two attached hydrogens (primary N) is 2. The van der Waals surface area contributed by atoms with Gasteiger partial charge >= 0.3 is 6.18 Å². The lowest BCUT2D eigenvalue weighted by atomic mass is 9.83. The van der Waals surface area contributed by atoms with Crippen molar-refractivity contribution in [3.05, 3.63) is 0 Å². The summed E-state index contributed by atoms with van der Waals surface area (Å²) in [6.45, 7) is 1.06. The fourth-order valence-electron chi connectivity index (χ4n) is 2.77. The van der Waals surface area contributed by atoms with Crippen LogP contribution < -0.4 is 11.5 Å². The number of aliphatic imine (C=N–C) groups is 1. The van der Waals surface area contributed by atoms with Crippen molar-refractivity contribution < 1.29 is 13.2 Å². The summed E-state index contributed by atoms with van der Waals surface area (Å²) in [5, 5.41) is 0. The molecule has 2 rings (SSSR count). The zero-order chi connectivity index (χ0) is 13.3. The van der Waals surface area contributed by atoms with Crippen molar-refractivity contribution in [2.24, 2.45) is 22.4 Å². The van der Waals surface area contributed by atoms with Crippen LogP contribution in [0.5, 0.6) is 0 Å². The van der Waals surface area contributed by atoms with E-state index in [0.29, 0.717) is 19.1 Å². The predicted octanol–water partition coefficient (Wildman–Crippen LogP) is 1.68. The Morgan fingerprint density at radius 2 is 1.63 bits per heavy atom.